The van der Waals surface area contributed by atoms with Gasteiger partial charge in [-0.1, -0.05) is 12.1 Å². The number of carboxylic acid groups (broad SMARTS) is 1. The van der Waals surface area contributed by atoms with E-state index >= 15 is 0 Å². The number of benzene rings is 1. The molecule has 0 saturated heterocycles. The molecule has 0 aliphatic heterocycles. The molecule has 2 rings (SSSR count). The van der Waals surface area contributed by atoms with E-state index in [1.807, 2.05) is 0 Å². The second kappa shape index (κ2) is 5.69. The quantitative estimate of drug-likeness (QED) is 0.774. The van der Waals surface area contributed by atoms with Gasteiger partial charge in [-0.2, -0.15) is 0 Å². The molecule has 6 heteroatoms. The van der Waals surface area contributed by atoms with Gasteiger partial charge in [0.05, 0.1) is 12.5 Å². The van der Waals surface area contributed by atoms with Crippen LogP contribution in [0.2, 0.25) is 0 Å². The maximum atomic E-state index is 13.5. The molecule has 0 fully saturated rings. The lowest BCUT2D eigenvalue weighted by Crippen LogP contribution is -2.38. The van der Waals surface area contributed by atoms with Crippen LogP contribution in [0.1, 0.15) is 30.0 Å². The van der Waals surface area contributed by atoms with Crippen LogP contribution in [0, 0.1) is 5.82 Å². The molecule has 1 atom stereocenters. The van der Waals surface area contributed by atoms with Crippen molar-refractivity contribution in [2.75, 3.05) is 6.54 Å². The Balaban J connectivity index is 1.90. The Labute approximate surface area is 109 Å². The fourth-order valence-electron chi connectivity index (χ4n) is 2.25. The minimum atomic E-state index is -0.964. The molecule has 2 amide bonds. The van der Waals surface area contributed by atoms with E-state index in [0.29, 0.717) is 18.4 Å². The van der Waals surface area contributed by atoms with Crippen molar-refractivity contribution in [2.45, 2.75) is 25.3 Å². The summed E-state index contributed by atoms with van der Waals surface area (Å²) in [5.74, 6) is -1.21. The van der Waals surface area contributed by atoms with Gasteiger partial charge < -0.3 is 15.7 Å². The monoisotopic (exact) mass is 266 g/mol. The first-order valence-corrected chi connectivity index (χ1v) is 6.11. The standard InChI is InChI=1S/C13H15FN2O3/c14-10-3-1-2-9-8(10)4-5-11(9)16-13(19)15-7-6-12(17)18/h1-3,11H,4-7H2,(H,17,18)(H2,15,16,19). The Morgan fingerprint density at radius 2 is 2.21 bits per heavy atom. The molecule has 0 radical (unpaired) electrons. The van der Waals surface area contributed by atoms with E-state index in [-0.39, 0.29) is 24.8 Å². The molecule has 1 aromatic carbocycles. The summed E-state index contributed by atoms with van der Waals surface area (Å²) in [6.45, 7) is 0.0733. The molecule has 102 valence electrons. The summed E-state index contributed by atoms with van der Waals surface area (Å²) >= 11 is 0. The van der Waals surface area contributed by atoms with Gasteiger partial charge in [-0.25, -0.2) is 9.18 Å². The molecule has 19 heavy (non-hydrogen) atoms. The van der Waals surface area contributed by atoms with Gasteiger partial charge in [0.2, 0.25) is 0 Å². The molecule has 0 spiro atoms. The van der Waals surface area contributed by atoms with Gasteiger partial charge in [0, 0.05) is 6.54 Å². The van der Waals surface area contributed by atoms with Crippen LogP contribution >= 0.6 is 0 Å². The zero-order valence-electron chi connectivity index (χ0n) is 10.3. The predicted octanol–water partition coefficient (Wildman–Crippen LogP) is 1.59. The van der Waals surface area contributed by atoms with Gasteiger partial charge in [-0.05, 0) is 30.0 Å². The van der Waals surface area contributed by atoms with Crippen LogP contribution < -0.4 is 10.6 Å². The van der Waals surface area contributed by atoms with Crippen LogP contribution in [0.3, 0.4) is 0 Å². The summed E-state index contributed by atoms with van der Waals surface area (Å²) in [5, 5.41) is 13.6. The lowest BCUT2D eigenvalue weighted by molar-refractivity contribution is -0.136. The molecule has 1 unspecified atom stereocenters. The number of carboxylic acids is 1. The molecule has 0 heterocycles. The van der Waals surface area contributed by atoms with Crippen LogP contribution in [0.15, 0.2) is 18.2 Å². The van der Waals surface area contributed by atoms with E-state index in [0.717, 1.165) is 5.56 Å². The van der Waals surface area contributed by atoms with Crippen LogP contribution in [0.4, 0.5) is 9.18 Å². The van der Waals surface area contributed by atoms with Crippen molar-refractivity contribution in [2.24, 2.45) is 0 Å². The lowest BCUT2D eigenvalue weighted by Gasteiger charge is -2.14. The van der Waals surface area contributed by atoms with Crippen molar-refractivity contribution in [1.82, 2.24) is 10.6 Å². The van der Waals surface area contributed by atoms with Gasteiger partial charge in [-0.3, -0.25) is 4.79 Å². The van der Waals surface area contributed by atoms with Crippen LogP contribution in [0.5, 0.6) is 0 Å². The number of carbonyl (C=O) groups excluding carboxylic acids is 1. The number of urea groups is 1. The third kappa shape index (κ3) is 3.21. The molecule has 0 aromatic heterocycles. The summed E-state index contributed by atoms with van der Waals surface area (Å²) in [7, 11) is 0. The van der Waals surface area contributed by atoms with Gasteiger partial charge >= 0.3 is 12.0 Å². The van der Waals surface area contributed by atoms with Gasteiger partial charge in [0.1, 0.15) is 5.82 Å². The zero-order valence-corrected chi connectivity index (χ0v) is 10.3. The highest BCUT2D eigenvalue weighted by atomic mass is 19.1. The fraction of sp³-hybridized carbons (Fsp3) is 0.385. The van der Waals surface area contributed by atoms with Gasteiger partial charge in [0.25, 0.3) is 0 Å². The van der Waals surface area contributed by atoms with Crippen molar-refractivity contribution >= 4 is 12.0 Å². The topological polar surface area (TPSA) is 78.4 Å². The Hall–Kier alpha value is -2.11. The minimum absolute atomic E-state index is 0.0733. The van der Waals surface area contributed by atoms with Crippen LogP contribution in [0.25, 0.3) is 0 Å². The maximum Gasteiger partial charge on any atom is 0.315 e. The Bertz CT molecular complexity index is 505. The normalized spacial score (nSPS) is 16.8. The first-order chi connectivity index (χ1) is 9.08. The number of rotatable bonds is 4. The first-order valence-electron chi connectivity index (χ1n) is 6.11. The number of hydrogen-bond donors (Lipinski definition) is 3. The first kappa shape index (κ1) is 13.3. The van der Waals surface area contributed by atoms with Crippen LogP contribution in [-0.2, 0) is 11.2 Å². The maximum absolute atomic E-state index is 13.5. The molecular formula is C13H15FN2O3. The second-order valence-electron chi connectivity index (χ2n) is 4.44. The number of aliphatic carboxylic acids is 1. The molecule has 1 aliphatic carbocycles. The number of carbonyl (C=O) groups is 2. The second-order valence-corrected chi connectivity index (χ2v) is 4.44. The van der Waals surface area contributed by atoms with Crippen molar-refractivity contribution in [3.05, 3.63) is 35.1 Å². The van der Waals surface area contributed by atoms with E-state index in [2.05, 4.69) is 10.6 Å². The van der Waals surface area contributed by atoms with E-state index in [4.69, 9.17) is 5.11 Å². The summed E-state index contributed by atoms with van der Waals surface area (Å²) in [6, 6.07) is 4.19. The zero-order chi connectivity index (χ0) is 13.8. The van der Waals surface area contributed by atoms with E-state index in [1.54, 1.807) is 12.1 Å². The summed E-state index contributed by atoms with van der Waals surface area (Å²) in [6.07, 6.45) is 1.13. The van der Waals surface area contributed by atoms with Gasteiger partial charge in [-0.15, -0.1) is 0 Å². The van der Waals surface area contributed by atoms with Crippen LogP contribution in [-0.4, -0.2) is 23.7 Å². The number of hydrogen-bond acceptors (Lipinski definition) is 2. The molecule has 5 nitrogen and oxygen atoms in total. The van der Waals surface area contributed by atoms with Gasteiger partial charge in [0.15, 0.2) is 0 Å². The lowest BCUT2D eigenvalue weighted by atomic mass is 10.1. The van der Waals surface area contributed by atoms with Crippen molar-refractivity contribution in [1.29, 1.82) is 0 Å². The Kier molecular flexibility index (Phi) is 3.99. The number of halogens is 1. The van der Waals surface area contributed by atoms with E-state index in [1.165, 1.54) is 6.07 Å². The Morgan fingerprint density at radius 1 is 1.42 bits per heavy atom. The Morgan fingerprint density at radius 3 is 2.95 bits per heavy atom. The molecule has 1 aliphatic rings. The van der Waals surface area contributed by atoms with Crippen molar-refractivity contribution in [3.63, 3.8) is 0 Å². The molecule has 3 N–H and O–H groups in total. The third-order valence-corrected chi connectivity index (χ3v) is 3.14. The van der Waals surface area contributed by atoms with E-state index in [9.17, 15) is 14.0 Å². The number of amides is 2. The average molecular weight is 266 g/mol. The smallest absolute Gasteiger partial charge is 0.315 e. The third-order valence-electron chi connectivity index (χ3n) is 3.14. The largest absolute Gasteiger partial charge is 0.481 e. The summed E-state index contributed by atoms with van der Waals surface area (Å²) in [5.41, 5.74) is 1.45. The van der Waals surface area contributed by atoms with Crippen molar-refractivity contribution in [3.8, 4) is 0 Å². The number of nitrogens with one attached hydrogen (secondary N) is 2. The molecule has 0 saturated carbocycles. The van der Waals surface area contributed by atoms with Crippen molar-refractivity contribution < 1.29 is 19.1 Å². The predicted molar refractivity (Wildman–Crippen MR) is 66.2 cm³/mol. The highest BCUT2D eigenvalue weighted by molar-refractivity contribution is 5.75. The number of fused-ring (bicyclic) bond motifs is 1. The SMILES string of the molecule is O=C(O)CCNC(=O)NC1CCc2c(F)cccc21. The fourth-order valence-corrected chi connectivity index (χ4v) is 2.25. The highest BCUT2D eigenvalue weighted by Crippen LogP contribution is 2.32. The molecule has 1 aromatic rings. The molecular weight excluding hydrogens is 251 g/mol. The van der Waals surface area contributed by atoms with E-state index < -0.39 is 12.0 Å². The highest BCUT2D eigenvalue weighted by Gasteiger charge is 2.25. The molecule has 0 bridgehead atoms. The summed E-state index contributed by atoms with van der Waals surface area (Å²) in [4.78, 5) is 21.9. The summed E-state index contributed by atoms with van der Waals surface area (Å²) < 4.78 is 13.5. The average Bonchev–Trinajstić information content (AvgIpc) is 2.73. The minimum Gasteiger partial charge on any atom is -0.481 e.